The van der Waals surface area contributed by atoms with E-state index >= 15 is 0 Å². The second-order valence-corrected chi connectivity index (χ2v) is 7.96. The van der Waals surface area contributed by atoms with Crippen LogP contribution in [0.3, 0.4) is 0 Å². The van der Waals surface area contributed by atoms with E-state index < -0.39 is 0 Å². The number of hydrogen-bond acceptors (Lipinski definition) is 6. The second kappa shape index (κ2) is 8.99. The Labute approximate surface area is 169 Å². The molecule has 1 aliphatic heterocycles. The molecule has 3 aromatic rings. The van der Waals surface area contributed by atoms with E-state index in [1.165, 1.54) is 10.6 Å². The van der Waals surface area contributed by atoms with E-state index in [2.05, 4.69) is 39.2 Å². The minimum absolute atomic E-state index is 0.525. The van der Waals surface area contributed by atoms with Crippen LogP contribution in [0.15, 0.2) is 54.9 Å². The van der Waals surface area contributed by atoms with Crippen LogP contribution >= 0.6 is 11.3 Å². The van der Waals surface area contributed by atoms with Gasteiger partial charge in [-0.15, -0.1) is 11.3 Å². The van der Waals surface area contributed by atoms with Gasteiger partial charge in [0.2, 0.25) is 0 Å². The summed E-state index contributed by atoms with van der Waals surface area (Å²) in [5, 5.41) is 0.698. The average molecular weight is 393 g/mol. The lowest BCUT2D eigenvalue weighted by molar-refractivity contribution is 0.305. The smallest absolute Gasteiger partial charge is 0.180 e. The van der Waals surface area contributed by atoms with Crippen molar-refractivity contribution in [2.24, 2.45) is 0 Å². The van der Waals surface area contributed by atoms with Crippen molar-refractivity contribution in [3.63, 3.8) is 0 Å². The molecule has 4 rings (SSSR count). The number of nitrogens with two attached hydrogens (primary N) is 1. The average Bonchev–Trinajstić information content (AvgIpc) is 2.98. The van der Waals surface area contributed by atoms with Gasteiger partial charge in [0, 0.05) is 48.9 Å². The van der Waals surface area contributed by atoms with Gasteiger partial charge in [-0.2, -0.15) is 0 Å². The number of fused-ring (bicyclic) bond motifs is 1. The summed E-state index contributed by atoms with van der Waals surface area (Å²) in [6, 6.07) is 12.1. The van der Waals surface area contributed by atoms with Gasteiger partial charge in [0.05, 0.1) is 5.69 Å². The normalized spacial score (nSPS) is 14.7. The summed E-state index contributed by atoms with van der Waals surface area (Å²) in [5.41, 5.74) is 9.22. The zero-order valence-electron chi connectivity index (χ0n) is 15.8. The molecule has 0 spiro atoms. The van der Waals surface area contributed by atoms with E-state index in [0.717, 1.165) is 49.4 Å². The van der Waals surface area contributed by atoms with Crippen LogP contribution in [0.1, 0.15) is 21.7 Å². The number of anilines is 1. The number of hydrogen-bond donors (Lipinski definition) is 1. The molecule has 0 bridgehead atoms. The fraction of sp³-hybridized carbons (Fsp3) is 0.273. The number of benzene rings is 1. The van der Waals surface area contributed by atoms with Gasteiger partial charge >= 0.3 is 0 Å². The van der Waals surface area contributed by atoms with Crippen molar-refractivity contribution in [3.8, 4) is 5.75 Å². The molecular formula is C22H24N4OS. The summed E-state index contributed by atoms with van der Waals surface area (Å²) in [6.45, 7) is 3.53. The molecule has 0 radical (unpaired) electrons. The summed E-state index contributed by atoms with van der Waals surface area (Å²) in [4.78, 5) is 12.4. The van der Waals surface area contributed by atoms with Crippen molar-refractivity contribution in [1.82, 2.24) is 14.9 Å². The molecule has 0 amide bonds. The van der Waals surface area contributed by atoms with Crippen LogP contribution in [-0.4, -0.2) is 34.5 Å². The molecule has 2 aromatic heterocycles. The molecule has 1 aromatic carbocycles. The highest BCUT2D eigenvalue weighted by molar-refractivity contribution is 7.15. The highest BCUT2D eigenvalue weighted by Gasteiger charge is 2.16. The topological polar surface area (TPSA) is 64.3 Å². The minimum Gasteiger partial charge on any atom is -0.489 e. The quantitative estimate of drug-likeness (QED) is 0.691. The molecular weight excluding hydrogens is 368 g/mol. The third-order valence-corrected chi connectivity index (χ3v) is 5.76. The summed E-state index contributed by atoms with van der Waals surface area (Å²) in [5.74, 6) is 0.869. The van der Waals surface area contributed by atoms with Crippen LogP contribution < -0.4 is 10.5 Å². The Bertz CT molecular complexity index is 913. The van der Waals surface area contributed by atoms with E-state index in [1.807, 2.05) is 30.5 Å². The highest BCUT2D eigenvalue weighted by Crippen LogP contribution is 2.24. The predicted molar refractivity (Wildman–Crippen MR) is 114 cm³/mol. The van der Waals surface area contributed by atoms with Crippen LogP contribution in [0.2, 0.25) is 0 Å². The lowest BCUT2D eigenvalue weighted by Crippen LogP contribution is -2.26. The minimum atomic E-state index is 0.525. The molecule has 0 atom stereocenters. The number of nitrogen functional groups attached to an aromatic ring is 1. The maximum absolute atomic E-state index is 5.88. The van der Waals surface area contributed by atoms with Crippen LogP contribution in [0, 0.1) is 0 Å². The van der Waals surface area contributed by atoms with Gasteiger partial charge in [0.15, 0.2) is 5.13 Å². The van der Waals surface area contributed by atoms with Gasteiger partial charge in [-0.05, 0) is 30.2 Å². The second-order valence-electron chi connectivity index (χ2n) is 6.85. The van der Waals surface area contributed by atoms with E-state index in [4.69, 9.17) is 10.5 Å². The number of ether oxygens (including phenoxy) is 1. The zero-order chi connectivity index (χ0) is 19.2. The lowest BCUT2D eigenvalue weighted by atomic mass is 10.2. The number of aromatic nitrogens is 2. The molecule has 0 fully saturated rings. The van der Waals surface area contributed by atoms with Crippen molar-refractivity contribution in [2.45, 2.75) is 19.4 Å². The summed E-state index contributed by atoms with van der Waals surface area (Å²) in [7, 11) is 0. The third-order valence-electron chi connectivity index (χ3n) is 4.78. The zero-order valence-corrected chi connectivity index (χ0v) is 16.6. The number of thiazole rings is 1. The maximum atomic E-state index is 5.88. The Morgan fingerprint density at radius 1 is 1.18 bits per heavy atom. The fourth-order valence-corrected chi connectivity index (χ4v) is 4.18. The lowest BCUT2D eigenvalue weighted by Gasteiger charge is -2.17. The first-order valence-electron chi connectivity index (χ1n) is 9.51. The standard InChI is InChI=1S/C22H24N4OS/c23-22-25-20-8-12-26(13-9-21(20)28-22)11-3-6-17-4-1-7-19(14-17)27-16-18-5-2-10-24-15-18/h1-7,10,14-15H,8-9,11-13,16H2,(H2,23,25). The van der Waals surface area contributed by atoms with Crippen LogP contribution in [0.25, 0.3) is 6.08 Å². The Kier molecular flexibility index (Phi) is 5.99. The van der Waals surface area contributed by atoms with Crippen LogP contribution in [0.5, 0.6) is 5.75 Å². The summed E-state index contributed by atoms with van der Waals surface area (Å²) < 4.78 is 5.88. The monoisotopic (exact) mass is 392 g/mol. The van der Waals surface area contributed by atoms with E-state index in [-0.39, 0.29) is 0 Å². The van der Waals surface area contributed by atoms with Crippen molar-refractivity contribution in [3.05, 3.63) is 76.6 Å². The van der Waals surface area contributed by atoms with Gasteiger partial charge in [-0.1, -0.05) is 30.4 Å². The molecule has 5 nitrogen and oxygen atoms in total. The molecule has 3 heterocycles. The van der Waals surface area contributed by atoms with Gasteiger partial charge in [0.1, 0.15) is 12.4 Å². The van der Waals surface area contributed by atoms with Gasteiger partial charge in [0.25, 0.3) is 0 Å². The van der Waals surface area contributed by atoms with E-state index in [9.17, 15) is 0 Å². The largest absolute Gasteiger partial charge is 0.489 e. The Balaban J connectivity index is 1.29. The Morgan fingerprint density at radius 3 is 3.00 bits per heavy atom. The van der Waals surface area contributed by atoms with Crippen molar-refractivity contribution in [1.29, 1.82) is 0 Å². The molecule has 6 heteroatoms. The molecule has 0 aliphatic carbocycles. The predicted octanol–water partition coefficient (Wildman–Crippen LogP) is 3.81. The van der Waals surface area contributed by atoms with Gasteiger partial charge in [-0.3, -0.25) is 9.88 Å². The number of rotatable bonds is 6. The first-order valence-corrected chi connectivity index (χ1v) is 10.3. The Morgan fingerprint density at radius 2 is 2.11 bits per heavy atom. The van der Waals surface area contributed by atoms with E-state index in [0.29, 0.717) is 11.7 Å². The fourth-order valence-electron chi connectivity index (χ4n) is 3.31. The molecule has 144 valence electrons. The summed E-state index contributed by atoms with van der Waals surface area (Å²) in [6.07, 6.45) is 10.00. The molecule has 1 aliphatic rings. The molecule has 0 unspecified atom stereocenters. The molecule has 28 heavy (non-hydrogen) atoms. The first-order chi connectivity index (χ1) is 13.8. The van der Waals surface area contributed by atoms with Crippen LogP contribution in [0.4, 0.5) is 5.13 Å². The summed E-state index contributed by atoms with van der Waals surface area (Å²) >= 11 is 1.63. The van der Waals surface area contributed by atoms with Crippen LogP contribution in [-0.2, 0) is 19.4 Å². The van der Waals surface area contributed by atoms with Crippen molar-refractivity contribution >= 4 is 22.5 Å². The Hall–Kier alpha value is -2.70. The molecule has 0 saturated carbocycles. The first kappa shape index (κ1) is 18.7. The van der Waals surface area contributed by atoms with Crippen molar-refractivity contribution in [2.75, 3.05) is 25.4 Å². The van der Waals surface area contributed by atoms with Crippen molar-refractivity contribution < 1.29 is 4.74 Å². The van der Waals surface area contributed by atoms with E-state index in [1.54, 1.807) is 17.5 Å². The third kappa shape index (κ3) is 4.97. The molecule has 2 N–H and O–H groups in total. The molecule has 0 saturated heterocycles. The SMILES string of the molecule is Nc1nc2c(s1)CCN(CC=Cc1cccc(OCc3cccnc3)c1)CC2. The number of pyridine rings is 1. The number of nitrogens with zero attached hydrogens (tertiary/aromatic N) is 3. The van der Waals surface area contributed by atoms with Gasteiger partial charge < -0.3 is 10.5 Å². The maximum Gasteiger partial charge on any atom is 0.180 e. The van der Waals surface area contributed by atoms with Gasteiger partial charge in [-0.25, -0.2) is 4.98 Å². The highest BCUT2D eigenvalue weighted by atomic mass is 32.1.